The largest absolute Gasteiger partial charge is 0.349 e. The molecule has 3 rings (SSSR count). The number of fused-ring (bicyclic) bond motifs is 1. The Hall–Kier alpha value is -1.24. The predicted molar refractivity (Wildman–Crippen MR) is 95.8 cm³/mol. The van der Waals surface area contributed by atoms with Crippen LogP contribution in [0.3, 0.4) is 0 Å². The monoisotopic (exact) mass is 336 g/mol. The lowest BCUT2D eigenvalue weighted by Crippen LogP contribution is -2.49. The van der Waals surface area contributed by atoms with Gasteiger partial charge in [0.1, 0.15) is 5.82 Å². The first-order valence-corrected chi connectivity index (χ1v) is 9.72. The molecule has 0 aliphatic carbocycles. The lowest BCUT2D eigenvalue weighted by Gasteiger charge is -2.36. The lowest BCUT2D eigenvalue weighted by molar-refractivity contribution is 0.379. The summed E-state index contributed by atoms with van der Waals surface area (Å²) in [5, 5.41) is 12.9. The van der Waals surface area contributed by atoms with Crippen molar-refractivity contribution in [1.29, 1.82) is 0 Å². The van der Waals surface area contributed by atoms with Crippen LogP contribution in [0.15, 0.2) is 4.99 Å². The van der Waals surface area contributed by atoms with Gasteiger partial charge in [-0.3, -0.25) is 4.99 Å². The van der Waals surface area contributed by atoms with Crippen LogP contribution in [0.2, 0.25) is 0 Å². The van der Waals surface area contributed by atoms with Crippen molar-refractivity contribution in [2.45, 2.75) is 51.4 Å². The van der Waals surface area contributed by atoms with Gasteiger partial charge < -0.3 is 14.8 Å². The quantitative estimate of drug-likeness (QED) is 0.673. The second-order valence-corrected chi connectivity index (χ2v) is 7.99. The molecule has 2 aliphatic heterocycles. The average Bonchev–Trinajstić information content (AvgIpc) is 2.99. The Morgan fingerprint density at radius 3 is 3.00 bits per heavy atom. The minimum Gasteiger partial charge on any atom is -0.349 e. The van der Waals surface area contributed by atoms with Crippen LogP contribution >= 0.6 is 11.8 Å². The molecule has 1 N–H and O–H groups in total. The van der Waals surface area contributed by atoms with Crippen LogP contribution in [-0.4, -0.2) is 56.8 Å². The summed E-state index contributed by atoms with van der Waals surface area (Å²) in [6.07, 6.45) is 3.52. The summed E-state index contributed by atoms with van der Waals surface area (Å²) in [6, 6.07) is 0. The standard InChI is InChI=1S/C16H28N6S/c1-12(2)13-11-21(8-9-23-13)16(17-3)18-10-15-20-19-14-6-4-5-7-22(14)15/h12-13H,4-11H2,1-3H3,(H,17,18). The molecule has 0 saturated carbocycles. The van der Waals surface area contributed by atoms with Crippen molar-refractivity contribution < 1.29 is 0 Å². The first-order valence-electron chi connectivity index (χ1n) is 8.67. The number of hydrogen-bond acceptors (Lipinski definition) is 4. The fourth-order valence-electron chi connectivity index (χ4n) is 3.26. The molecule has 1 unspecified atom stereocenters. The molecule has 1 fully saturated rings. The van der Waals surface area contributed by atoms with Crippen LogP contribution in [0.4, 0.5) is 0 Å². The van der Waals surface area contributed by atoms with E-state index in [1.165, 1.54) is 18.6 Å². The van der Waals surface area contributed by atoms with Crippen LogP contribution in [0.5, 0.6) is 0 Å². The third-order valence-electron chi connectivity index (χ3n) is 4.69. The zero-order valence-electron chi connectivity index (χ0n) is 14.5. The molecule has 128 valence electrons. The number of guanidine groups is 1. The maximum Gasteiger partial charge on any atom is 0.194 e. The van der Waals surface area contributed by atoms with E-state index < -0.39 is 0 Å². The average molecular weight is 337 g/mol. The van der Waals surface area contributed by atoms with Crippen molar-refractivity contribution in [3.05, 3.63) is 11.6 Å². The zero-order chi connectivity index (χ0) is 16.2. The van der Waals surface area contributed by atoms with Gasteiger partial charge in [0, 0.05) is 44.1 Å². The van der Waals surface area contributed by atoms with Crippen molar-refractivity contribution in [2.75, 3.05) is 25.9 Å². The second kappa shape index (κ2) is 7.55. The van der Waals surface area contributed by atoms with E-state index in [-0.39, 0.29) is 0 Å². The third-order valence-corrected chi connectivity index (χ3v) is 6.23. The number of thioether (sulfide) groups is 1. The second-order valence-electron chi connectivity index (χ2n) is 6.64. The molecule has 1 saturated heterocycles. The molecule has 0 amide bonds. The SMILES string of the molecule is CN=C(NCc1nnc2n1CCCC2)N1CCSC(C(C)C)C1. The van der Waals surface area contributed by atoms with Gasteiger partial charge in [0.15, 0.2) is 11.8 Å². The first-order chi connectivity index (χ1) is 11.2. The maximum atomic E-state index is 4.48. The number of nitrogens with zero attached hydrogens (tertiary/aromatic N) is 5. The smallest absolute Gasteiger partial charge is 0.194 e. The van der Waals surface area contributed by atoms with Gasteiger partial charge in [0.25, 0.3) is 0 Å². The minimum atomic E-state index is 0.683. The summed E-state index contributed by atoms with van der Waals surface area (Å²) in [7, 11) is 1.87. The number of aryl methyl sites for hydroxylation is 1. The van der Waals surface area contributed by atoms with Gasteiger partial charge in [0.05, 0.1) is 6.54 Å². The fraction of sp³-hybridized carbons (Fsp3) is 0.812. The highest BCUT2D eigenvalue weighted by molar-refractivity contribution is 8.00. The van der Waals surface area contributed by atoms with E-state index in [1.807, 2.05) is 7.05 Å². The summed E-state index contributed by atoms with van der Waals surface area (Å²) >= 11 is 2.09. The third kappa shape index (κ3) is 3.82. The Labute approximate surface area is 143 Å². The number of hydrogen-bond donors (Lipinski definition) is 1. The molecule has 6 nitrogen and oxygen atoms in total. The number of aromatic nitrogens is 3. The molecule has 1 aromatic rings. The first kappa shape index (κ1) is 16.6. The van der Waals surface area contributed by atoms with Crippen molar-refractivity contribution in [3.8, 4) is 0 Å². The molecule has 2 aliphatic rings. The predicted octanol–water partition coefficient (Wildman–Crippen LogP) is 1.76. The Kier molecular flexibility index (Phi) is 5.46. The van der Waals surface area contributed by atoms with Crippen LogP contribution in [0.25, 0.3) is 0 Å². The molecule has 3 heterocycles. The summed E-state index contributed by atoms with van der Waals surface area (Å²) < 4.78 is 2.27. The highest BCUT2D eigenvalue weighted by Crippen LogP contribution is 2.24. The molecule has 0 spiro atoms. The van der Waals surface area contributed by atoms with Gasteiger partial charge in [-0.1, -0.05) is 13.8 Å². The van der Waals surface area contributed by atoms with Gasteiger partial charge in [-0.2, -0.15) is 11.8 Å². The number of rotatable bonds is 3. The highest BCUT2D eigenvalue weighted by atomic mass is 32.2. The molecular weight excluding hydrogens is 308 g/mol. The van der Waals surface area contributed by atoms with E-state index in [1.54, 1.807) is 0 Å². The number of nitrogens with one attached hydrogen (secondary N) is 1. The van der Waals surface area contributed by atoms with Crippen molar-refractivity contribution in [1.82, 2.24) is 25.0 Å². The van der Waals surface area contributed by atoms with E-state index in [0.717, 1.165) is 43.7 Å². The Morgan fingerprint density at radius 1 is 1.35 bits per heavy atom. The molecule has 0 radical (unpaired) electrons. The van der Waals surface area contributed by atoms with Gasteiger partial charge in [-0.05, 0) is 18.8 Å². The Morgan fingerprint density at radius 2 is 2.22 bits per heavy atom. The minimum absolute atomic E-state index is 0.683. The van der Waals surface area contributed by atoms with Crippen LogP contribution in [0.1, 0.15) is 38.3 Å². The molecular formula is C16H28N6S. The molecule has 1 atom stereocenters. The van der Waals surface area contributed by atoms with E-state index in [2.05, 4.69) is 55.6 Å². The van der Waals surface area contributed by atoms with Crippen LogP contribution in [0, 0.1) is 5.92 Å². The van der Waals surface area contributed by atoms with Gasteiger partial charge >= 0.3 is 0 Å². The molecule has 0 bridgehead atoms. The van der Waals surface area contributed by atoms with Crippen molar-refractivity contribution >= 4 is 17.7 Å². The topological polar surface area (TPSA) is 58.3 Å². The van der Waals surface area contributed by atoms with Crippen LogP contribution in [-0.2, 0) is 19.5 Å². The van der Waals surface area contributed by atoms with Gasteiger partial charge in [0.2, 0.25) is 0 Å². The Balaban J connectivity index is 1.61. The van der Waals surface area contributed by atoms with E-state index in [4.69, 9.17) is 0 Å². The number of aliphatic imine (C=N–C) groups is 1. The molecule has 23 heavy (non-hydrogen) atoms. The highest BCUT2D eigenvalue weighted by Gasteiger charge is 2.25. The van der Waals surface area contributed by atoms with E-state index in [9.17, 15) is 0 Å². The molecule has 1 aromatic heterocycles. The normalized spacial score (nSPS) is 22.3. The summed E-state index contributed by atoms with van der Waals surface area (Å²) in [5.41, 5.74) is 0. The summed E-state index contributed by atoms with van der Waals surface area (Å²) in [6.45, 7) is 8.49. The fourth-order valence-corrected chi connectivity index (χ4v) is 4.56. The van der Waals surface area contributed by atoms with E-state index >= 15 is 0 Å². The summed E-state index contributed by atoms with van der Waals surface area (Å²) in [5.74, 6) is 5.03. The van der Waals surface area contributed by atoms with E-state index in [0.29, 0.717) is 17.7 Å². The lowest BCUT2D eigenvalue weighted by atomic mass is 10.1. The maximum absolute atomic E-state index is 4.48. The Bertz CT molecular complexity index is 553. The van der Waals surface area contributed by atoms with Crippen molar-refractivity contribution in [2.24, 2.45) is 10.9 Å². The van der Waals surface area contributed by atoms with Gasteiger partial charge in [-0.25, -0.2) is 0 Å². The van der Waals surface area contributed by atoms with Crippen LogP contribution < -0.4 is 5.32 Å². The molecule has 7 heteroatoms. The van der Waals surface area contributed by atoms with Crippen molar-refractivity contribution in [3.63, 3.8) is 0 Å². The molecule has 0 aromatic carbocycles. The zero-order valence-corrected chi connectivity index (χ0v) is 15.3. The van der Waals surface area contributed by atoms with Gasteiger partial charge in [-0.15, -0.1) is 10.2 Å². The summed E-state index contributed by atoms with van der Waals surface area (Å²) in [4.78, 5) is 6.87.